The van der Waals surface area contributed by atoms with E-state index in [0.29, 0.717) is 15.2 Å². The van der Waals surface area contributed by atoms with Gasteiger partial charge in [-0.25, -0.2) is 4.98 Å². The van der Waals surface area contributed by atoms with E-state index < -0.39 is 0 Å². The molecule has 0 radical (unpaired) electrons. The lowest BCUT2D eigenvalue weighted by Gasteiger charge is -2.36. The Morgan fingerprint density at radius 3 is 2.35 bits per heavy atom. The lowest BCUT2D eigenvalue weighted by atomic mass is 9.83. The number of thioether (sulfide) groups is 2. The van der Waals surface area contributed by atoms with E-state index in [-0.39, 0.29) is 0 Å². The predicted molar refractivity (Wildman–Crippen MR) is 79.8 cm³/mol. The van der Waals surface area contributed by atoms with Gasteiger partial charge in [-0.05, 0) is 34.5 Å². The average molecular weight is 288 g/mol. The zero-order valence-corrected chi connectivity index (χ0v) is 12.8. The van der Waals surface area contributed by atoms with Gasteiger partial charge in [-0.3, -0.25) is 0 Å². The summed E-state index contributed by atoms with van der Waals surface area (Å²) in [6.07, 6.45) is 1.91. The van der Waals surface area contributed by atoms with Gasteiger partial charge in [0.25, 0.3) is 0 Å². The normalized spacial score (nSPS) is 25.9. The van der Waals surface area contributed by atoms with Crippen LogP contribution in [0.5, 0.6) is 0 Å². The molecule has 0 spiro atoms. The fourth-order valence-electron chi connectivity index (χ4n) is 1.72. The maximum absolute atomic E-state index is 5.81. The maximum atomic E-state index is 5.81. The number of hydrogen-bond acceptors (Lipinski definition) is 3. The second-order valence-corrected chi connectivity index (χ2v) is 8.44. The van der Waals surface area contributed by atoms with E-state index in [1.807, 2.05) is 35.8 Å². The third-order valence-electron chi connectivity index (χ3n) is 3.14. The van der Waals surface area contributed by atoms with Gasteiger partial charge in [0.1, 0.15) is 5.15 Å². The number of rotatable bonds is 1. The Kier molecular flexibility index (Phi) is 4.32. The number of halogens is 1. The van der Waals surface area contributed by atoms with Gasteiger partial charge in [0, 0.05) is 6.20 Å². The highest BCUT2D eigenvalue weighted by Crippen LogP contribution is 2.48. The van der Waals surface area contributed by atoms with Gasteiger partial charge < -0.3 is 0 Å². The Bertz CT molecular complexity index is 364. The second kappa shape index (κ2) is 5.41. The van der Waals surface area contributed by atoms with Crippen LogP contribution in [0.15, 0.2) is 18.3 Å². The van der Waals surface area contributed by atoms with Gasteiger partial charge in [0.05, 0.1) is 4.58 Å². The molecule has 17 heavy (non-hydrogen) atoms. The highest BCUT2D eigenvalue weighted by atomic mass is 35.5. The van der Waals surface area contributed by atoms with Crippen molar-refractivity contribution in [3.8, 4) is 0 Å². The molecule has 1 aliphatic heterocycles. The first kappa shape index (κ1) is 13.6. The van der Waals surface area contributed by atoms with E-state index in [0.717, 1.165) is 5.92 Å². The van der Waals surface area contributed by atoms with Gasteiger partial charge >= 0.3 is 0 Å². The standard InChI is InChI=1S/C13H18ClNS2/c1-13(2,3)10-7-16-12(17-8-10)9-4-5-11(14)15-6-9/h4-6,10,12H,7-8H2,1-3H3/t10-,12+. The molecule has 1 aromatic heterocycles. The minimum absolute atomic E-state index is 0.420. The van der Waals surface area contributed by atoms with Crippen LogP contribution in [0.25, 0.3) is 0 Å². The van der Waals surface area contributed by atoms with Gasteiger partial charge in [-0.15, -0.1) is 23.5 Å². The lowest BCUT2D eigenvalue weighted by Crippen LogP contribution is -2.27. The first-order chi connectivity index (χ1) is 7.97. The van der Waals surface area contributed by atoms with Crippen LogP contribution in [0.1, 0.15) is 30.9 Å². The van der Waals surface area contributed by atoms with Gasteiger partial charge in [0.15, 0.2) is 0 Å². The predicted octanol–water partition coefficient (Wildman–Crippen LogP) is 4.88. The molecule has 0 amide bonds. The molecular weight excluding hydrogens is 270 g/mol. The topological polar surface area (TPSA) is 12.9 Å². The summed E-state index contributed by atoms with van der Waals surface area (Å²) in [6, 6.07) is 3.98. The molecule has 1 fully saturated rings. The smallest absolute Gasteiger partial charge is 0.129 e. The minimum Gasteiger partial charge on any atom is -0.244 e. The van der Waals surface area contributed by atoms with E-state index in [1.165, 1.54) is 17.1 Å². The van der Waals surface area contributed by atoms with Gasteiger partial charge in [0.2, 0.25) is 0 Å². The molecule has 1 aliphatic rings. The van der Waals surface area contributed by atoms with Crippen molar-refractivity contribution in [3.63, 3.8) is 0 Å². The lowest BCUT2D eigenvalue weighted by molar-refractivity contribution is 0.292. The van der Waals surface area contributed by atoms with E-state index in [9.17, 15) is 0 Å². The molecule has 1 nitrogen and oxygen atoms in total. The third-order valence-corrected chi connectivity index (χ3v) is 6.52. The van der Waals surface area contributed by atoms with Crippen molar-refractivity contribution in [2.45, 2.75) is 25.4 Å². The van der Waals surface area contributed by atoms with Crippen molar-refractivity contribution in [1.82, 2.24) is 4.98 Å². The number of pyridine rings is 1. The molecule has 0 bridgehead atoms. The average Bonchev–Trinajstić information content (AvgIpc) is 2.29. The van der Waals surface area contributed by atoms with Crippen molar-refractivity contribution >= 4 is 35.1 Å². The summed E-state index contributed by atoms with van der Waals surface area (Å²) >= 11 is 9.88. The van der Waals surface area contributed by atoms with Crippen LogP contribution in [-0.4, -0.2) is 16.5 Å². The maximum Gasteiger partial charge on any atom is 0.129 e. The number of nitrogens with zero attached hydrogens (tertiary/aromatic N) is 1. The van der Waals surface area contributed by atoms with Crippen molar-refractivity contribution < 1.29 is 0 Å². The Morgan fingerprint density at radius 1 is 1.24 bits per heavy atom. The van der Waals surface area contributed by atoms with Gasteiger partial charge in [-0.1, -0.05) is 38.4 Å². The van der Waals surface area contributed by atoms with E-state index >= 15 is 0 Å². The minimum atomic E-state index is 0.420. The van der Waals surface area contributed by atoms with Gasteiger partial charge in [-0.2, -0.15) is 0 Å². The zero-order chi connectivity index (χ0) is 12.5. The molecule has 0 aliphatic carbocycles. The van der Waals surface area contributed by atoms with Crippen LogP contribution >= 0.6 is 35.1 Å². The van der Waals surface area contributed by atoms with Crippen LogP contribution in [0, 0.1) is 11.3 Å². The van der Waals surface area contributed by atoms with Crippen LogP contribution in [0.4, 0.5) is 0 Å². The first-order valence-corrected chi connectivity index (χ1v) is 8.29. The second-order valence-electron chi connectivity index (χ2n) is 5.48. The summed E-state index contributed by atoms with van der Waals surface area (Å²) in [5.41, 5.74) is 1.71. The Balaban J connectivity index is 1.97. The fraction of sp³-hybridized carbons (Fsp3) is 0.615. The fourth-order valence-corrected chi connectivity index (χ4v) is 5.55. The van der Waals surface area contributed by atoms with Crippen LogP contribution in [-0.2, 0) is 0 Å². The summed E-state index contributed by atoms with van der Waals surface area (Å²) in [5.74, 6) is 3.28. The molecular formula is C13H18ClNS2. The van der Waals surface area contributed by atoms with E-state index in [1.54, 1.807) is 0 Å². The van der Waals surface area contributed by atoms with Crippen LogP contribution < -0.4 is 0 Å². The highest BCUT2D eigenvalue weighted by Gasteiger charge is 2.31. The Hall–Kier alpha value is 0.140. The van der Waals surface area contributed by atoms with Crippen molar-refractivity contribution in [2.24, 2.45) is 11.3 Å². The Morgan fingerprint density at radius 2 is 1.88 bits per heavy atom. The summed E-state index contributed by atoms with van der Waals surface area (Å²) in [4.78, 5) is 4.16. The molecule has 0 atom stereocenters. The van der Waals surface area contributed by atoms with Crippen molar-refractivity contribution in [3.05, 3.63) is 29.0 Å². The largest absolute Gasteiger partial charge is 0.244 e. The Labute approximate surface area is 117 Å². The van der Waals surface area contributed by atoms with Crippen LogP contribution in [0.2, 0.25) is 5.15 Å². The molecule has 4 heteroatoms. The van der Waals surface area contributed by atoms with Crippen LogP contribution in [0.3, 0.4) is 0 Å². The number of hydrogen-bond donors (Lipinski definition) is 0. The summed E-state index contributed by atoms with van der Waals surface area (Å²) in [6.45, 7) is 7.01. The van der Waals surface area contributed by atoms with Crippen molar-refractivity contribution in [2.75, 3.05) is 11.5 Å². The molecule has 0 unspecified atom stereocenters. The highest BCUT2D eigenvalue weighted by molar-refractivity contribution is 8.16. The summed E-state index contributed by atoms with van der Waals surface area (Å²) in [5, 5.41) is 0.576. The molecule has 0 N–H and O–H groups in total. The monoisotopic (exact) mass is 287 g/mol. The summed E-state index contributed by atoms with van der Waals surface area (Å²) in [7, 11) is 0. The molecule has 1 saturated heterocycles. The van der Waals surface area contributed by atoms with Crippen molar-refractivity contribution in [1.29, 1.82) is 0 Å². The molecule has 94 valence electrons. The molecule has 0 saturated carbocycles. The zero-order valence-electron chi connectivity index (χ0n) is 10.4. The molecule has 1 aromatic rings. The number of aromatic nitrogens is 1. The molecule has 2 rings (SSSR count). The van der Waals surface area contributed by atoms with E-state index in [4.69, 9.17) is 11.6 Å². The first-order valence-electron chi connectivity index (χ1n) is 5.81. The van der Waals surface area contributed by atoms with E-state index in [2.05, 4.69) is 31.8 Å². The third kappa shape index (κ3) is 3.55. The quantitative estimate of drug-likeness (QED) is 0.684. The molecule has 0 aromatic carbocycles. The molecule has 2 heterocycles. The summed E-state index contributed by atoms with van der Waals surface area (Å²) < 4.78 is 0.526. The SMILES string of the molecule is CC(C)(C)[C@H]1CS[C@@H](c2ccc(Cl)nc2)SC1.